The molecule has 1 aromatic heterocycles. The average Bonchev–Trinajstić information content (AvgIpc) is 2.90. The van der Waals surface area contributed by atoms with Gasteiger partial charge in [-0.2, -0.15) is 0 Å². The number of carbonyl (C=O) groups is 2. The van der Waals surface area contributed by atoms with Gasteiger partial charge in [-0.1, -0.05) is 11.3 Å². The molecule has 0 aliphatic carbocycles. The van der Waals surface area contributed by atoms with E-state index in [4.69, 9.17) is 5.11 Å². The highest BCUT2D eigenvalue weighted by atomic mass is 79.9. The number of carboxylic acid groups (broad SMARTS) is 1. The van der Waals surface area contributed by atoms with Gasteiger partial charge in [0, 0.05) is 16.2 Å². The molecule has 7 nitrogen and oxygen atoms in total. The molecule has 21 heavy (non-hydrogen) atoms. The zero-order valence-electron chi connectivity index (χ0n) is 10.2. The highest BCUT2D eigenvalue weighted by molar-refractivity contribution is 9.10. The summed E-state index contributed by atoms with van der Waals surface area (Å²) in [6.07, 6.45) is 0. The third kappa shape index (κ3) is 3.44. The average molecular weight is 371 g/mol. The third-order valence-corrected chi connectivity index (χ3v) is 4.18. The summed E-state index contributed by atoms with van der Waals surface area (Å²) in [6, 6.07) is 6.90. The van der Waals surface area contributed by atoms with Crippen LogP contribution < -0.4 is 5.32 Å². The van der Waals surface area contributed by atoms with Gasteiger partial charge in [-0.25, -0.2) is 4.79 Å². The molecule has 9 heteroatoms. The molecule has 0 aliphatic rings. The van der Waals surface area contributed by atoms with Crippen molar-refractivity contribution in [1.29, 1.82) is 0 Å². The number of amides is 1. The fourth-order valence-corrected chi connectivity index (χ4v) is 2.64. The van der Waals surface area contributed by atoms with Crippen LogP contribution in [-0.4, -0.2) is 21.9 Å². The Kier molecular flexibility index (Phi) is 4.34. The van der Waals surface area contributed by atoms with Crippen LogP contribution in [0.4, 0.5) is 10.7 Å². The summed E-state index contributed by atoms with van der Waals surface area (Å²) in [5.41, 5.74) is 0.293. The van der Waals surface area contributed by atoms with Crippen molar-refractivity contribution in [3.63, 3.8) is 0 Å². The lowest BCUT2D eigenvalue weighted by molar-refractivity contribution is -0.380. The third-order valence-electron chi connectivity index (χ3n) is 2.45. The normalized spacial score (nSPS) is 10.1. The van der Waals surface area contributed by atoms with Crippen LogP contribution in [0.15, 0.2) is 34.8 Å². The quantitative estimate of drug-likeness (QED) is 0.633. The van der Waals surface area contributed by atoms with Crippen molar-refractivity contribution in [2.45, 2.75) is 0 Å². The molecule has 0 atom stereocenters. The Morgan fingerprint density at radius 1 is 1.29 bits per heavy atom. The highest BCUT2D eigenvalue weighted by Gasteiger charge is 2.16. The summed E-state index contributed by atoms with van der Waals surface area (Å²) >= 11 is 3.84. The second-order valence-electron chi connectivity index (χ2n) is 3.85. The number of nitrogens with zero attached hydrogens (tertiary/aromatic N) is 1. The number of hydrogen-bond donors (Lipinski definition) is 2. The van der Waals surface area contributed by atoms with E-state index in [1.54, 1.807) is 0 Å². The van der Waals surface area contributed by atoms with Gasteiger partial charge in [0.2, 0.25) is 0 Å². The summed E-state index contributed by atoms with van der Waals surface area (Å²) in [5, 5.41) is 21.9. The van der Waals surface area contributed by atoms with Crippen LogP contribution >= 0.6 is 27.3 Å². The lowest BCUT2D eigenvalue weighted by Crippen LogP contribution is -2.11. The predicted octanol–water partition coefficient (Wildman–Crippen LogP) is 3.37. The lowest BCUT2D eigenvalue weighted by atomic mass is 10.2. The number of thiophene rings is 1. The fraction of sp³-hybridized carbons (Fsp3) is 0. The van der Waals surface area contributed by atoms with Crippen molar-refractivity contribution in [3.8, 4) is 0 Å². The molecule has 0 saturated heterocycles. The Morgan fingerprint density at radius 3 is 2.57 bits per heavy atom. The lowest BCUT2D eigenvalue weighted by Gasteiger charge is -2.06. The second kappa shape index (κ2) is 6.02. The van der Waals surface area contributed by atoms with Crippen molar-refractivity contribution >= 4 is 49.8 Å². The standard InChI is InChI=1S/C12H7BrN2O5S/c13-8-2-1-6(5-7(8)12(17)18)14-11(16)9-3-4-10(21-9)15(19)20/h1-5H,(H,14,16)(H,17,18). The molecule has 1 aromatic carbocycles. The minimum absolute atomic E-state index is 0.00459. The molecule has 1 heterocycles. The molecule has 0 bridgehead atoms. The molecule has 1 amide bonds. The molecule has 108 valence electrons. The van der Waals surface area contributed by atoms with E-state index in [0.717, 1.165) is 11.3 Å². The first-order valence-electron chi connectivity index (χ1n) is 5.47. The smallest absolute Gasteiger partial charge is 0.336 e. The number of carboxylic acids is 1. The molecule has 0 fully saturated rings. The Morgan fingerprint density at radius 2 is 2.00 bits per heavy atom. The van der Waals surface area contributed by atoms with Gasteiger partial charge in [-0.3, -0.25) is 14.9 Å². The van der Waals surface area contributed by atoms with E-state index >= 15 is 0 Å². The number of anilines is 1. The number of carbonyl (C=O) groups excluding carboxylic acids is 1. The first-order chi connectivity index (χ1) is 9.88. The Hall–Kier alpha value is -2.26. The first kappa shape index (κ1) is 15.1. The second-order valence-corrected chi connectivity index (χ2v) is 5.77. The van der Waals surface area contributed by atoms with Crippen molar-refractivity contribution < 1.29 is 19.6 Å². The number of halogens is 1. The topological polar surface area (TPSA) is 110 Å². The van der Waals surface area contributed by atoms with Crippen molar-refractivity contribution in [3.05, 3.63) is 55.4 Å². The molecular weight excluding hydrogens is 364 g/mol. The van der Waals surface area contributed by atoms with Gasteiger partial charge < -0.3 is 10.4 Å². The molecular formula is C12H7BrN2O5S. The van der Waals surface area contributed by atoms with E-state index in [0.29, 0.717) is 4.47 Å². The zero-order chi connectivity index (χ0) is 15.6. The van der Waals surface area contributed by atoms with Crippen LogP contribution in [0.2, 0.25) is 0 Å². The molecule has 0 radical (unpaired) electrons. The molecule has 0 aliphatic heterocycles. The van der Waals surface area contributed by atoms with Crippen molar-refractivity contribution in [2.75, 3.05) is 5.32 Å². The van der Waals surface area contributed by atoms with Crippen molar-refractivity contribution in [1.82, 2.24) is 0 Å². The maximum Gasteiger partial charge on any atom is 0.336 e. The first-order valence-corrected chi connectivity index (χ1v) is 7.08. The van der Waals surface area contributed by atoms with Crippen LogP contribution in [-0.2, 0) is 0 Å². The molecule has 0 spiro atoms. The summed E-state index contributed by atoms with van der Waals surface area (Å²) in [4.78, 5) is 33.1. The summed E-state index contributed by atoms with van der Waals surface area (Å²) in [7, 11) is 0. The van der Waals surface area contributed by atoms with Gasteiger partial charge in [0.05, 0.1) is 15.4 Å². The van der Waals surface area contributed by atoms with E-state index < -0.39 is 16.8 Å². The van der Waals surface area contributed by atoms with Crippen LogP contribution in [0, 0.1) is 10.1 Å². The van der Waals surface area contributed by atoms with Gasteiger partial charge in [0.1, 0.15) is 0 Å². The maximum absolute atomic E-state index is 11.9. The monoisotopic (exact) mass is 370 g/mol. The van der Waals surface area contributed by atoms with Crippen LogP contribution in [0.3, 0.4) is 0 Å². The maximum atomic E-state index is 11.9. The predicted molar refractivity (Wildman–Crippen MR) is 80.0 cm³/mol. The molecule has 2 N–H and O–H groups in total. The summed E-state index contributed by atoms with van der Waals surface area (Å²) in [6.45, 7) is 0. The van der Waals surface area contributed by atoms with E-state index in [-0.39, 0.29) is 21.1 Å². The van der Waals surface area contributed by atoms with E-state index in [9.17, 15) is 19.7 Å². The number of aromatic carboxylic acids is 1. The van der Waals surface area contributed by atoms with E-state index in [2.05, 4.69) is 21.2 Å². The van der Waals surface area contributed by atoms with Gasteiger partial charge >= 0.3 is 11.0 Å². The van der Waals surface area contributed by atoms with E-state index in [1.807, 2.05) is 0 Å². The Balaban J connectivity index is 2.21. The number of nitro groups is 1. The Labute approximate surface area is 130 Å². The summed E-state index contributed by atoms with van der Waals surface area (Å²) < 4.78 is 0.389. The largest absolute Gasteiger partial charge is 0.478 e. The van der Waals surface area contributed by atoms with Gasteiger partial charge in [0.15, 0.2) is 0 Å². The Bertz CT molecular complexity index is 743. The minimum atomic E-state index is -1.13. The molecule has 2 rings (SSSR count). The number of nitrogens with one attached hydrogen (secondary N) is 1. The zero-order valence-corrected chi connectivity index (χ0v) is 12.6. The molecule has 0 unspecified atom stereocenters. The molecule has 2 aromatic rings. The number of hydrogen-bond acceptors (Lipinski definition) is 5. The minimum Gasteiger partial charge on any atom is -0.478 e. The number of rotatable bonds is 4. The van der Waals surface area contributed by atoms with Crippen LogP contribution in [0.5, 0.6) is 0 Å². The molecule has 0 saturated carbocycles. The summed E-state index contributed by atoms with van der Waals surface area (Å²) in [5.74, 6) is -1.67. The highest BCUT2D eigenvalue weighted by Crippen LogP contribution is 2.26. The van der Waals surface area contributed by atoms with Crippen LogP contribution in [0.25, 0.3) is 0 Å². The van der Waals surface area contributed by atoms with Gasteiger partial charge in [0.25, 0.3) is 5.91 Å². The SMILES string of the molecule is O=C(Nc1ccc(Br)c(C(=O)O)c1)c1ccc([N+](=O)[O-])s1. The van der Waals surface area contributed by atoms with Crippen molar-refractivity contribution in [2.24, 2.45) is 0 Å². The fourth-order valence-electron chi connectivity index (χ4n) is 1.51. The van der Waals surface area contributed by atoms with E-state index in [1.165, 1.54) is 30.3 Å². The van der Waals surface area contributed by atoms with Gasteiger partial charge in [-0.15, -0.1) is 0 Å². The number of benzene rings is 1. The van der Waals surface area contributed by atoms with Gasteiger partial charge in [-0.05, 0) is 40.2 Å². The van der Waals surface area contributed by atoms with Crippen LogP contribution in [0.1, 0.15) is 20.0 Å².